The molecular weight excluding hydrogens is 599 g/mol. The second-order valence-corrected chi connectivity index (χ2v) is 10.3. The van der Waals surface area contributed by atoms with Gasteiger partial charge in [0.15, 0.2) is 11.7 Å². The molecule has 4 rings (SSSR count). The van der Waals surface area contributed by atoms with Gasteiger partial charge in [0.2, 0.25) is 0 Å². The lowest BCUT2D eigenvalue weighted by Crippen LogP contribution is -2.08. The number of halogens is 7. The van der Waals surface area contributed by atoms with Crippen LogP contribution in [0.4, 0.5) is 30.7 Å². The van der Waals surface area contributed by atoms with E-state index in [1.165, 1.54) is 12.1 Å². The first-order valence-corrected chi connectivity index (χ1v) is 14.0. The second-order valence-electron chi connectivity index (χ2n) is 10.3. The van der Waals surface area contributed by atoms with Crippen LogP contribution < -0.4 is 4.74 Å². The number of pyridine rings is 1. The number of hydrogen-bond donors (Lipinski definition) is 0. The molecule has 45 heavy (non-hydrogen) atoms. The zero-order valence-corrected chi connectivity index (χ0v) is 24.6. The lowest BCUT2D eigenvalue weighted by molar-refractivity contribution is -0.137. The summed E-state index contributed by atoms with van der Waals surface area (Å²) in [4.78, 5) is 8.93. The Labute approximate surface area is 256 Å². The first-order valence-electron chi connectivity index (χ1n) is 14.0. The predicted molar refractivity (Wildman–Crippen MR) is 160 cm³/mol. The Hall–Kier alpha value is -4.67. The molecule has 0 bridgehead atoms. The molecule has 2 aliphatic heterocycles. The minimum absolute atomic E-state index is 0.0309. The fourth-order valence-electron chi connectivity index (χ4n) is 4.58. The molecule has 0 aromatic heterocycles. The van der Waals surface area contributed by atoms with E-state index in [0.717, 1.165) is 11.6 Å². The van der Waals surface area contributed by atoms with E-state index in [1.54, 1.807) is 68.7 Å². The van der Waals surface area contributed by atoms with Gasteiger partial charge in [-0.3, -0.25) is 0 Å². The highest BCUT2D eigenvalue weighted by Crippen LogP contribution is 2.39. The van der Waals surface area contributed by atoms with Gasteiger partial charge >= 0.3 is 12.3 Å². The van der Waals surface area contributed by atoms with Crippen LogP contribution in [0.1, 0.15) is 50.1 Å². The molecule has 0 saturated heterocycles. The van der Waals surface area contributed by atoms with Crippen LogP contribution in [0.3, 0.4) is 0 Å². The number of unbranched alkanes of at least 4 members (excludes halogenated alkanes) is 1. The molecule has 0 unspecified atom stereocenters. The minimum Gasteiger partial charge on any atom is -0.494 e. The first-order chi connectivity index (χ1) is 21.4. The fraction of sp³-hybridized carbons (Fsp3) is 0.235. The summed E-state index contributed by atoms with van der Waals surface area (Å²) in [7, 11) is 0. The molecule has 0 fully saturated rings. The van der Waals surface area contributed by atoms with E-state index in [1.807, 2.05) is 4.57 Å². The van der Waals surface area contributed by atoms with Gasteiger partial charge < -0.3 is 9.30 Å². The van der Waals surface area contributed by atoms with Crippen molar-refractivity contribution in [3.63, 3.8) is 0 Å². The number of hydrogen-bond acceptors (Lipinski definition) is 3. The van der Waals surface area contributed by atoms with E-state index >= 15 is 0 Å². The summed E-state index contributed by atoms with van der Waals surface area (Å²) in [5.41, 5.74) is 1.87. The van der Waals surface area contributed by atoms with Gasteiger partial charge in [0.05, 0.1) is 23.4 Å². The Morgan fingerprint density at radius 3 is 2.31 bits per heavy atom. The molecule has 4 nitrogen and oxygen atoms in total. The molecule has 0 saturated carbocycles. The number of allylic oxidation sites excluding steroid dienone is 6. The van der Waals surface area contributed by atoms with Crippen LogP contribution in [0.15, 0.2) is 103 Å². The molecule has 0 radical (unpaired) electrons. The quantitative estimate of drug-likeness (QED) is 0.0889. The summed E-state index contributed by atoms with van der Waals surface area (Å²) < 4.78 is 101. The Morgan fingerprint density at radius 1 is 0.956 bits per heavy atom. The zero-order chi connectivity index (χ0) is 32.7. The van der Waals surface area contributed by atoms with Gasteiger partial charge in [-0.1, -0.05) is 49.1 Å². The van der Waals surface area contributed by atoms with E-state index in [-0.39, 0.29) is 47.7 Å². The van der Waals surface area contributed by atoms with Crippen molar-refractivity contribution in [1.29, 1.82) is 0 Å². The molecule has 11 heteroatoms. The average molecular weight is 630 g/mol. The van der Waals surface area contributed by atoms with Gasteiger partial charge in [0, 0.05) is 25.4 Å². The molecule has 0 amide bonds. The number of fused-ring (bicyclic) bond motifs is 1. The van der Waals surface area contributed by atoms with E-state index in [4.69, 9.17) is 4.74 Å². The van der Waals surface area contributed by atoms with Crippen LogP contribution in [0.2, 0.25) is 0 Å². The minimum atomic E-state index is -4.67. The van der Waals surface area contributed by atoms with Crippen LogP contribution in [0.5, 0.6) is 5.75 Å². The summed E-state index contributed by atoms with van der Waals surface area (Å²) in [6, 6.07) is 12.0. The van der Waals surface area contributed by atoms with Crippen LogP contribution in [-0.4, -0.2) is 21.1 Å². The SMILES string of the molecule is C=C(C)/C(F)=C(\C=C/C)c1nc2ccn(Cc3ccc(-c4ccc(OCCCCC(F)=C(F)F)cc4C(F)(F)F)cc3)cc-2n1. The maximum atomic E-state index is 14.7. The standard InChI is InChI=1S/C34H30F7N3O/c1-4-7-26(31(36)21(2)3)33-42-29-15-16-44(20-30(29)43-33)19-22-9-11-23(12-10-22)25-14-13-24(18-27(25)34(39,40)41)45-17-6-5-8-28(35)32(37)38/h4,7,9-16,18,20H,2,5-6,8,17,19H2,1,3H3/b7-4-,31-26-. The van der Waals surface area contributed by atoms with Gasteiger partial charge in [-0.15, -0.1) is 0 Å². The van der Waals surface area contributed by atoms with E-state index in [9.17, 15) is 30.7 Å². The third-order valence-corrected chi connectivity index (χ3v) is 6.80. The van der Waals surface area contributed by atoms with Gasteiger partial charge in [0.1, 0.15) is 17.3 Å². The van der Waals surface area contributed by atoms with Crippen LogP contribution in [0.25, 0.3) is 28.1 Å². The Balaban J connectivity index is 1.49. The highest BCUT2D eigenvalue weighted by molar-refractivity contribution is 5.76. The van der Waals surface area contributed by atoms with Gasteiger partial charge in [-0.25, -0.2) is 18.7 Å². The van der Waals surface area contributed by atoms with Crippen molar-refractivity contribution >= 4 is 5.57 Å². The smallest absolute Gasteiger partial charge is 0.417 e. The Morgan fingerprint density at radius 2 is 1.67 bits per heavy atom. The van der Waals surface area contributed by atoms with E-state index in [2.05, 4.69) is 16.5 Å². The molecule has 0 aliphatic carbocycles. The number of aromatic nitrogens is 3. The van der Waals surface area contributed by atoms with Crippen molar-refractivity contribution in [2.75, 3.05) is 6.61 Å². The number of nitrogens with zero attached hydrogens (tertiary/aromatic N) is 3. The molecule has 0 spiro atoms. The molecule has 2 aromatic carbocycles. The van der Waals surface area contributed by atoms with Crippen molar-refractivity contribution in [2.45, 2.75) is 45.8 Å². The average Bonchev–Trinajstić information content (AvgIpc) is 3.42. The number of imidazole rings is 1. The topological polar surface area (TPSA) is 39.9 Å². The van der Waals surface area contributed by atoms with Gasteiger partial charge in [0.25, 0.3) is 0 Å². The summed E-state index contributed by atoms with van der Waals surface area (Å²) >= 11 is 0. The molecule has 2 aromatic rings. The number of rotatable bonds is 12. The molecule has 0 N–H and O–H groups in total. The number of alkyl halides is 3. The maximum absolute atomic E-state index is 14.7. The molecular formula is C34H30F7N3O. The van der Waals surface area contributed by atoms with Crippen LogP contribution >= 0.6 is 0 Å². The van der Waals surface area contributed by atoms with E-state index < -0.39 is 35.9 Å². The number of ether oxygens (including phenoxy) is 1. The highest BCUT2D eigenvalue weighted by atomic mass is 19.4. The summed E-state index contributed by atoms with van der Waals surface area (Å²) in [5, 5.41) is 0. The largest absolute Gasteiger partial charge is 0.494 e. The Bertz CT molecular complexity index is 1710. The van der Waals surface area contributed by atoms with Gasteiger partial charge in [-0.2, -0.15) is 22.0 Å². The Kier molecular flexibility index (Phi) is 10.6. The number of benzene rings is 2. The van der Waals surface area contributed by atoms with E-state index in [0.29, 0.717) is 23.5 Å². The third-order valence-electron chi connectivity index (χ3n) is 6.80. The summed E-state index contributed by atoms with van der Waals surface area (Å²) in [6.07, 6.45) is -0.416. The van der Waals surface area contributed by atoms with Crippen LogP contribution in [0, 0.1) is 0 Å². The summed E-state index contributed by atoms with van der Waals surface area (Å²) in [6.45, 7) is 7.32. The predicted octanol–water partition coefficient (Wildman–Crippen LogP) is 10.6. The molecule has 2 aliphatic rings. The lowest BCUT2D eigenvalue weighted by atomic mass is 9.98. The van der Waals surface area contributed by atoms with Crippen molar-refractivity contribution in [3.8, 4) is 28.3 Å². The molecule has 2 heterocycles. The van der Waals surface area contributed by atoms with Crippen molar-refractivity contribution in [2.24, 2.45) is 0 Å². The zero-order valence-electron chi connectivity index (χ0n) is 24.6. The van der Waals surface area contributed by atoms with Crippen molar-refractivity contribution < 1.29 is 35.5 Å². The highest BCUT2D eigenvalue weighted by Gasteiger charge is 2.34. The maximum Gasteiger partial charge on any atom is 0.417 e. The second kappa shape index (κ2) is 14.4. The van der Waals surface area contributed by atoms with Crippen molar-refractivity contribution in [3.05, 3.63) is 120 Å². The summed E-state index contributed by atoms with van der Waals surface area (Å²) in [5.74, 6) is -1.79. The first kappa shape index (κ1) is 33.2. The monoisotopic (exact) mass is 629 g/mol. The third kappa shape index (κ3) is 8.49. The fourth-order valence-corrected chi connectivity index (χ4v) is 4.58. The molecule has 236 valence electrons. The normalized spacial score (nSPS) is 12.5. The van der Waals surface area contributed by atoms with Gasteiger partial charge in [-0.05, 0) is 67.2 Å². The lowest BCUT2D eigenvalue weighted by Gasteiger charge is -2.16. The van der Waals surface area contributed by atoms with Crippen molar-refractivity contribution in [1.82, 2.24) is 14.5 Å². The molecule has 0 atom stereocenters. The van der Waals surface area contributed by atoms with Crippen LogP contribution in [-0.2, 0) is 12.7 Å².